The Morgan fingerprint density at radius 3 is 2.47 bits per heavy atom. The zero-order valence-electron chi connectivity index (χ0n) is 20.0. The number of likely N-dealkylation sites (tertiary alicyclic amines) is 1. The number of morpholine rings is 1. The Kier molecular flexibility index (Phi) is 6.83. The summed E-state index contributed by atoms with van der Waals surface area (Å²) in [6.45, 7) is 18.5. The van der Waals surface area contributed by atoms with Gasteiger partial charge < -0.3 is 14.4 Å². The highest BCUT2D eigenvalue weighted by atomic mass is 16.5. The number of benzene rings is 1. The van der Waals surface area contributed by atoms with Crippen molar-refractivity contribution < 1.29 is 14.3 Å². The second-order valence-corrected chi connectivity index (χ2v) is 10.3. The van der Waals surface area contributed by atoms with Crippen LogP contribution in [0.15, 0.2) is 18.2 Å². The molecule has 2 fully saturated rings. The number of aryl methyl sites for hydroxylation is 1. The molecule has 1 unspecified atom stereocenters. The minimum absolute atomic E-state index is 0.111. The van der Waals surface area contributed by atoms with Crippen LogP contribution in [-0.2, 0) is 4.74 Å². The van der Waals surface area contributed by atoms with Crippen LogP contribution in [0.3, 0.4) is 0 Å². The molecule has 3 rings (SSSR count). The molecule has 1 atom stereocenters. The van der Waals surface area contributed by atoms with E-state index in [1.54, 1.807) is 0 Å². The first kappa shape index (κ1) is 23.1. The van der Waals surface area contributed by atoms with Crippen molar-refractivity contribution in [1.29, 1.82) is 0 Å². The van der Waals surface area contributed by atoms with Crippen LogP contribution >= 0.6 is 0 Å². The minimum Gasteiger partial charge on any atom is -0.491 e. The van der Waals surface area contributed by atoms with Gasteiger partial charge in [-0.2, -0.15) is 0 Å². The zero-order chi connectivity index (χ0) is 22.1. The molecular formula is C25H40N2O3. The van der Waals surface area contributed by atoms with Crippen molar-refractivity contribution in [1.82, 2.24) is 9.80 Å². The maximum atomic E-state index is 13.1. The van der Waals surface area contributed by atoms with Crippen molar-refractivity contribution in [3.63, 3.8) is 0 Å². The van der Waals surface area contributed by atoms with Gasteiger partial charge >= 0.3 is 0 Å². The number of hydrogen-bond acceptors (Lipinski definition) is 4. The molecule has 1 aromatic carbocycles. The van der Waals surface area contributed by atoms with E-state index < -0.39 is 0 Å². The van der Waals surface area contributed by atoms with Gasteiger partial charge in [-0.15, -0.1) is 0 Å². The van der Waals surface area contributed by atoms with E-state index in [-0.39, 0.29) is 29.3 Å². The zero-order valence-corrected chi connectivity index (χ0v) is 20.0. The summed E-state index contributed by atoms with van der Waals surface area (Å²) in [5.74, 6) is 0.960. The molecule has 2 heterocycles. The van der Waals surface area contributed by atoms with Gasteiger partial charge in [0.2, 0.25) is 0 Å². The predicted molar refractivity (Wildman–Crippen MR) is 121 cm³/mol. The summed E-state index contributed by atoms with van der Waals surface area (Å²) in [5, 5.41) is 0. The fraction of sp³-hybridized carbons (Fsp3) is 0.720. The van der Waals surface area contributed by atoms with Crippen molar-refractivity contribution in [2.75, 3.05) is 26.2 Å². The van der Waals surface area contributed by atoms with Crippen molar-refractivity contribution in [3.05, 3.63) is 29.3 Å². The quantitative estimate of drug-likeness (QED) is 0.715. The Morgan fingerprint density at radius 1 is 1.27 bits per heavy atom. The number of rotatable bonds is 4. The molecule has 5 nitrogen and oxygen atoms in total. The van der Waals surface area contributed by atoms with Gasteiger partial charge in [-0.1, -0.05) is 6.92 Å². The molecule has 5 heteroatoms. The molecule has 1 amide bonds. The number of piperidine rings is 1. The van der Waals surface area contributed by atoms with Gasteiger partial charge in [-0.05, 0) is 84.6 Å². The van der Waals surface area contributed by atoms with Crippen LogP contribution in [0.25, 0.3) is 0 Å². The maximum absolute atomic E-state index is 13.1. The molecule has 0 aromatic heterocycles. The summed E-state index contributed by atoms with van der Waals surface area (Å²) in [4.78, 5) is 17.7. The smallest absolute Gasteiger partial charge is 0.253 e. The molecule has 168 valence electrons. The third-order valence-electron chi connectivity index (χ3n) is 6.47. The number of amides is 1. The molecule has 1 aromatic rings. The van der Waals surface area contributed by atoms with Gasteiger partial charge in [0, 0.05) is 37.3 Å². The first-order valence-corrected chi connectivity index (χ1v) is 11.5. The molecule has 2 aliphatic heterocycles. The van der Waals surface area contributed by atoms with Gasteiger partial charge in [0.05, 0.1) is 17.8 Å². The van der Waals surface area contributed by atoms with Crippen LogP contribution in [0, 0.1) is 6.92 Å². The average Bonchev–Trinajstić information content (AvgIpc) is 2.68. The van der Waals surface area contributed by atoms with Crippen molar-refractivity contribution in [2.24, 2.45) is 0 Å². The summed E-state index contributed by atoms with van der Waals surface area (Å²) < 4.78 is 12.4. The third kappa shape index (κ3) is 5.17. The molecule has 0 radical (unpaired) electrons. The van der Waals surface area contributed by atoms with Crippen LogP contribution in [-0.4, -0.2) is 65.2 Å². The van der Waals surface area contributed by atoms with Crippen molar-refractivity contribution >= 4 is 5.91 Å². The highest BCUT2D eigenvalue weighted by molar-refractivity contribution is 5.94. The lowest BCUT2D eigenvalue weighted by Gasteiger charge is -2.53. The summed E-state index contributed by atoms with van der Waals surface area (Å²) in [6, 6.07) is 5.77. The molecule has 1 spiro atoms. The molecule has 2 saturated heterocycles. The Hall–Kier alpha value is -1.59. The van der Waals surface area contributed by atoms with Crippen molar-refractivity contribution in [3.8, 4) is 5.75 Å². The summed E-state index contributed by atoms with van der Waals surface area (Å²) in [7, 11) is 0. The molecule has 0 saturated carbocycles. The van der Waals surface area contributed by atoms with E-state index in [9.17, 15) is 4.79 Å². The molecule has 0 bridgehead atoms. The Bertz CT molecular complexity index is 745. The van der Waals surface area contributed by atoms with Crippen LogP contribution in [0.1, 0.15) is 76.7 Å². The number of hydrogen-bond donors (Lipinski definition) is 0. The molecule has 2 aliphatic rings. The third-order valence-corrected chi connectivity index (χ3v) is 6.47. The number of ether oxygens (including phenoxy) is 2. The van der Waals surface area contributed by atoms with Gasteiger partial charge in [0.15, 0.2) is 0 Å². The maximum Gasteiger partial charge on any atom is 0.253 e. The Labute approximate surface area is 182 Å². The van der Waals surface area contributed by atoms with Crippen LogP contribution < -0.4 is 4.74 Å². The van der Waals surface area contributed by atoms with E-state index in [0.29, 0.717) is 0 Å². The van der Waals surface area contributed by atoms with E-state index in [2.05, 4.69) is 32.6 Å². The normalized spacial score (nSPS) is 22.5. The van der Waals surface area contributed by atoms with Crippen LogP contribution in [0.4, 0.5) is 0 Å². The number of carbonyl (C=O) groups excluding carboxylic acids is 1. The molecular weight excluding hydrogens is 376 g/mol. The second kappa shape index (κ2) is 8.88. The van der Waals surface area contributed by atoms with Crippen molar-refractivity contribution in [2.45, 2.75) is 91.1 Å². The van der Waals surface area contributed by atoms with Gasteiger partial charge in [0.25, 0.3) is 5.91 Å². The largest absolute Gasteiger partial charge is 0.491 e. The standard InChI is InChI=1S/C25H40N2O3/c1-8-21-16-27(24(5,6)7)17-25(30-21)11-13-26(14-12-25)23(28)20-9-10-22(19(4)15-20)29-18(2)3/h9-10,15,18,21H,8,11-14,16-17H2,1-7H3. The number of nitrogens with zero attached hydrogens (tertiary/aromatic N) is 2. The van der Waals surface area contributed by atoms with Gasteiger partial charge in [-0.3, -0.25) is 9.69 Å². The summed E-state index contributed by atoms with van der Waals surface area (Å²) >= 11 is 0. The van der Waals surface area contributed by atoms with E-state index in [1.807, 2.05) is 43.9 Å². The van der Waals surface area contributed by atoms with Crippen LogP contribution in [0.5, 0.6) is 5.75 Å². The highest BCUT2D eigenvalue weighted by Gasteiger charge is 2.45. The monoisotopic (exact) mass is 416 g/mol. The summed E-state index contributed by atoms with van der Waals surface area (Å²) in [5.41, 5.74) is 1.75. The Balaban J connectivity index is 1.67. The Morgan fingerprint density at radius 2 is 1.93 bits per heavy atom. The van der Waals surface area contributed by atoms with Gasteiger partial charge in [0.1, 0.15) is 5.75 Å². The average molecular weight is 417 g/mol. The predicted octanol–water partition coefficient (Wildman–Crippen LogP) is 4.67. The van der Waals surface area contributed by atoms with E-state index >= 15 is 0 Å². The molecule has 0 aliphatic carbocycles. The minimum atomic E-state index is -0.131. The van der Waals surface area contributed by atoms with Gasteiger partial charge in [-0.25, -0.2) is 0 Å². The second-order valence-electron chi connectivity index (χ2n) is 10.3. The number of carbonyl (C=O) groups is 1. The first-order valence-electron chi connectivity index (χ1n) is 11.5. The molecule has 0 N–H and O–H groups in total. The summed E-state index contributed by atoms with van der Waals surface area (Å²) in [6.07, 6.45) is 3.22. The highest BCUT2D eigenvalue weighted by Crippen LogP contribution is 2.36. The molecule has 30 heavy (non-hydrogen) atoms. The fourth-order valence-electron chi connectivity index (χ4n) is 4.55. The lowest BCUT2D eigenvalue weighted by molar-refractivity contribution is -0.187. The van der Waals surface area contributed by atoms with Crippen LogP contribution in [0.2, 0.25) is 0 Å². The van der Waals surface area contributed by atoms with E-state index in [4.69, 9.17) is 9.47 Å². The SMILES string of the molecule is CCC1CN(C(C)(C)C)CC2(CCN(C(=O)c3ccc(OC(C)C)c(C)c3)CC2)O1. The fourth-order valence-corrected chi connectivity index (χ4v) is 4.55. The first-order chi connectivity index (χ1) is 14.0. The lowest BCUT2D eigenvalue weighted by atomic mass is 9.86. The van der Waals surface area contributed by atoms with E-state index in [0.717, 1.165) is 62.3 Å². The lowest BCUT2D eigenvalue weighted by Crippen LogP contribution is -2.63. The van der Waals surface area contributed by atoms with E-state index in [1.165, 1.54) is 0 Å². The topological polar surface area (TPSA) is 42.0 Å².